The van der Waals surface area contributed by atoms with Crippen molar-refractivity contribution in [3.63, 3.8) is 0 Å². The van der Waals surface area contributed by atoms with Crippen LogP contribution in [0.1, 0.15) is 13.8 Å². The number of benzene rings is 2. The van der Waals surface area contributed by atoms with Crippen LogP contribution in [0.15, 0.2) is 53.5 Å². The number of likely N-dealkylation sites (N-methyl/N-ethyl adjacent to an activating group) is 1. The average molecular weight is 468 g/mol. The molecule has 1 aliphatic rings. The number of carbonyl (C=O) groups is 2. The van der Waals surface area contributed by atoms with Crippen molar-refractivity contribution in [2.75, 3.05) is 35.7 Å². The Balaban J connectivity index is 1.63. The van der Waals surface area contributed by atoms with E-state index in [9.17, 15) is 9.59 Å². The maximum Gasteiger partial charge on any atom is 0.319 e. The van der Waals surface area contributed by atoms with Crippen molar-refractivity contribution in [2.24, 2.45) is 10.9 Å². The van der Waals surface area contributed by atoms with Crippen LogP contribution in [0.4, 0.5) is 21.9 Å². The highest BCUT2D eigenvalue weighted by Gasteiger charge is 2.26. The van der Waals surface area contributed by atoms with E-state index in [1.807, 2.05) is 49.0 Å². The van der Waals surface area contributed by atoms with E-state index in [1.54, 1.807) is 36.4 Å². The summed E-state index contributed by atoms with van der Waals surface area (Å²) in [4.78, 5) is 33.0. The quantitative estimate of drug-likeness (QED) is 0.560. The molecule has 1 heterocycles. The van der Waals surface area contributed by atoms with Gasteiger partial charge in [-0.2, -0.15) is 5.26 Å². The Hall–Kier alpha value is -3.77. The van der Waals surface area contributed by atoms with Gasteiger partial charge >= 0.3 is 6.03 Å². The third-order valence-corrected chi connectivity index (χ3v) is 5.43. The highest BCUT2D eigenvalue weighted by molar-refractivity contribution is 6.30. The maximum atomic E-state index is 12.9. The number of halogens is 1. The molecule has 3 N–H and O–H groups in total. The molecule has 0 aromatic heterocycles. The number of guanidine groups is 1. The molecule has 9 nitrogen and oxygen atoms in total. The predicted octanol–water partition coefficient (Wildman–Crippen LogP) is 3.71. The highest BCUT2D eigenvalue weighted by atomic mass is 35.5. The molecule has 1 fully saturated rings. The molecule has 0 spiro atoms. The number of urea groups is 1. The summed E-state index contributed by atoms with van der Waals surface area (Å²) in [6, 6.07) is 12.7. The van der Waals surface area contributed by atoms with E-state index in [0.717, 1.165) is 12.2 Å². The van der Waals surface area contributed by atoms with Crippen LogP contribution in [-0.4, -0.2) is 49.0 Å². The molecule has 2 aromatic carbocycles. The second-order valence-electron chi connectivity index (χ2n) is 7.95. The normalized spacial score (nSPS) is 15.3. The molecule has 2 aromatic rings. The van der Waals surface area contributed by atoms with Crippen LogP contribution < -0.4 is 20.9 Å². The second-order valence-corrected chi connectivity index (χ2v) is 8.38. The Morgan fingerprint density at radius 2 is 1.64 bits per heavy atom. The van der Waals surface area contributed by atoms with E-state index in [1.165, 1.54) is 0 Å². The Kier molecular flexibility index (Phi) is 7.74. The number of amides is 3. The molecule has 0 saturated carbocycles. The molecule has 172 valence electrons. The molecule has 0 radical (unpaired) electrons. The van der Waals surface area contributed by atoms with Crippen LogP contribution in [0.25, 0.3) is 0 Å². The van der Waals surface area contributed by atoms with Gasteiger partial charge < -0.3 is 25.8 Å². The summed E-state index contributed by atoms with van der Waals surface area (Å²) < 4.78 is 0. The number of hydrogen-bond acceptors (Lipinski definition) is 4. The Labute approximate surface area is 198 Å². The van der Waals surface area contributed by atoms with Gasteiger partial charge in [-0.15, -0.1) is 4.99 Å². The number of anilines is 3. The van der Waals surface area contributed by atoms with Crippen LogP contribution >= 0.6 is 11.6 Å². The predicted molar refractivity (Wildman–Crippen MR) is 130 cm³/mol. The summed E-state index contributed by atoms with van der Waals surface area (Å²) in [5, 5.41) is 17.8. The van der Waals surface area contributed by atoms with Gasteiger partial charge in [-0.05, 0) is 54.4 Å². The molecule has 33 heavy (non-hydrogen) atoms. The van der Waals surface area contributed by atoms with Gasteiger partial charge in [0.2, 0.25) is 18.1 Å². The Morgan fingerprint density at radius 1 is 1.03 bits per heavy atom. The van der Waals surface area contributed by atoms with Gasteiger partial charge in [-0.25, -0.2) is 4.79 Å². The van der Waals surface area contributed by atoms with Crippen molar-refractivity contribution < 1.29 is 9.59 Å². The first-order chi connectivity index (χ1) is 15.8. The fraction of sp³-hybridized carbons (Fsp3) is 0.304. The van der Waals surface area contributed by atoms with Crippen molar-refractivity contribution in [1.29, 1.82) is 5.26 Å². The van der Waals surface area contributed by atoms with Gasteiger partial charge in [0.05, 0.1) is 0 Å². The second kappa shape index (κ2) is 10.7. The van der Waals surface area contributed by atoms with Crippen LogP contribution in [0, 0.1) is 17.4 Å². The number of nitriles is 1. The zero-order chi connectivity index (χ0) is 24.0. The zero-order valence-corrected chi connectivity index (χ0v) is 19.4. The molecule has 1 saturated heterocycles. The minimum absolute atomic E-state index is 0.134. The molecule has 0 bridgehead atoms. The smallest absolute Gasteiger partial charge is 0.319 e. The zero-order valence-electron chi connectivity index (χ0n) is 18.7. The molecular formula is C23H26ClN7O2. The minimum atomic E-state index is -0.737. The van der Waals surface area contributed by atoms with E-state index in [2.05, 4.69) is 20.9 Å². The Bertz CT molecular complexity index is 1060. The lowest BCUT2D eigenvalue weighted by atomic mass is 10.0. The molecule has 3 rings (SSSR count). The van der Waals surface area contributed by atoms with E-state index < -0.39 is 12.1 Å². The molecule has 1 aliphatic heterocycles. The van der Waals surface area contributed by atoms with Crippen LogP contribution in [0.3, 0.4) is 0 Å². The lowest BCUT2D eigenvalue weighted by molar-refractivity contribution is -0.118. The van der Waals surface area contributed by atoms with E-state index in [0.29, 0.717) is 28.9 Å². The summed E-state index contributed by atoms with van der Waals surface area (Å²) in [6.45, 7) is 5.19. The monoisotopic (exact) mass is 467 g/mol. The number of nitrogens with zero attached hydrogens (tertiary/aromatic N) is 4. The van der Waals surface area contributed by atoms with Crippen LogP contribution in [0.5, 0.6) is 0 Å². The fourth-order valence-electron chi connectivity index (χ4n) is 3.41. The summed E-state index contributed by atoms with van der Waals surface area (Å²) in [7, 11) is 1.88. The molecule has 0 aliphatic carbocycles. The summed E-state index contributed by atoms with van der Waals surface area (Å²) in [5.74, 6) is 0.131. The highest BCUT2D eigenvalue weighted by Crippen LogP contribution is 2.22. The molecular weight excluding hydrogens is 442 g/mol. The number of carbonyl (C=O) groups excluding carboxylic acids is 2. The van der Waals surface area contributed by atoms with Crippen molar-refractivity contribution >= 4 is 46.6 Å². The maximum absolute atomic E-state index is 12.9. The fourth-order valence-corrected chi connectivity index (χ4v) is 3.54. The number of nitrogens with one attached hydrogen (secondary N) is 3. The number of aliphatic imine (C=N–C) groups is 1. The third-order valence-electron chi connectivity index (χ3n) is 5.18. The molecule has 3 amide bonds. The topological polar surface area (TPSA) is 113 Å². The van der Waals surface area contributed by atoms with Gasteiger partial charge in [0.25, 0.3) is 0 Å². The Morgan fingerprint density at radius 3 is 2.24 bits per heavy atom. The average Bonchev–Trinajstić information content (AvgIpc) is 3.14. The number of rotatable bonds is 6. The first kappa shape index (κ1) is 23.9. The largest absolute Gasteiger partial charge is 0.343 e. The summed E-state index contributed by atoms with van der Waals surface area (Å²) in [5.41, 5.74) is 2.04. The summed E-state index contributed by atoms with van der Waals surface area (Å²) in [6.07, 6.45) is 1.84. The summed E-state index contributed by atoms with van der Waals surface area (Å²) >= 11 is 5.86. The minimum Gasteiger partial charge on any atom is -0.343 e. The lowest BCUT2D eigenvalue weighted by Gasteiger charge is -2.22. The lowest BCUT2D eigenvalue weighted by Crippen LogP contribution is -2.48. The van der Waals surface area contributed by atoms with E-state index in [4.69, 9.17) is 16.9 Å². The third kappa shape index (κ3) is 6.14. The van der Waals surface area contributed by atoms with E-state index in [-0.39, 0.29) is 11.8 Å². The van der Waals surface area contributed by atoms with Crippen molar-refractivity contribution in [3.05, 3.63) is 53.6 Å². The van der Waals surface area contributed by atoms with Gasteiger partial charge in [0.1, 0.15) is 6.04 Å². The molecule has 10 heteroatoms. The van der Waals surface area contributed by atoms with Gasteiger partial charge in [0.15, 0.2) is 0 Å². The first-order valence-electron chi connectivity index (χ1n) is 10.5. The van der Waals surface area contributed by atoms with Gasteiger partial charge in [0, 0.05) is 42.2 Å². The van der Waals surface area contributed by atoms with E-state index >= 15 is 0 Å². The number of hydrogen-bond donors (Lipinski definition) is 3. The SMILES string of the molecule is CC(C)[C@@H](NC(=O)Nc1ccc(Cl)cc1)C(=O)Nc1ccc(N2CCN(C)C2=NC#N)cc1. The molecule has 0 unspecified atom stereocenters. The van der Waals surface area contributed by atoms with Crippen LogP contribution in [-0.2, 0) is 4.79 Å². The van der Waals surface area contributed by atoms with Crippen molar-refractivity contribution in [2.45, 2.75) is 19.9 Å². The standard InChI is InChI=1S/C23H26ClN7O2/c1-15(2)20(29-22(33)28-18-6-4-16(24)5-7-18)21(32)27-17-8-10-19(11-9-17)31-13-12-30(3)23(31)26-14-25/h4-11,15,20H,12-13H2,1-3H3,(H,27,32)(H2,28,29,33)/t20-/m1/s1. The van der Waals surface area contributed by atoms with Crippen molar-refractivity contribution in [3.8, 4) is 6.19 Å². The van der Waals surface area contributed by atoms with Crippen LogP contribution in [0.2, 0.25) is 5.02 Å². The molecule has 1 atom stereocenters. The first-order valence-corrected chi connectivity index (χ1v) is 10.9. The van der Waals surface area contributed by atoms with Crippen molar-refractivity contribution in [1.82, 2.24) is 10.2 Å². The van der Waals surface area contributed by atoms with Gasteiger partial charge in [-0.3, -0.25) is 4.79 Å². The van der Waals surface area contributed by atoms with Gasteiger partial charge in [-0.1, -0.05) is 25.4 Å².